The topological polar surface area (TPSA) is 29.4 Å². The van der Waals surface area contributed by atoms with Gasteiger partial charge < -0.3 is 0 Å². The van der Waals surface area contributed by atoms with Crippen molar-refractivity contribution in [2.75, 3.05) is 0 Å². The summed E-state index contributed by atoms with van der Waals surface area (Å²) in [6, 6.07) is 25.7. The number of benzene rings is 3. The molecule has 0 spiro atoms. The molecule has 0 amide bonds. The predicted octanol–water partition coefficient (Wildman–Crippen LogP) is 5.56. The summed E-state index contributed by atoms with van der Waals surface area (Å²) in [7, 11) is -2.75. The molecule has 110 valence electrons. The molecule has 0 aliphatic carbocycles. The van der Waals surface area contributed by atoms with E-state index in [9.17, 15) is 4.21 Å². The second-order valence-corrected chi connectivity index (χ2v) is 7.34. The highest BCUT2D eigenvalue weighted by Gasteiger charge is 2.15. The van der Waals surface area contributed by atoms with Crippen LogP contribution in [0, 0.1) is 0 Å². The van der Waals surface area contributed by atoms with Crippen LogP contribution in [0.5, 0.6) is 0 Å². The molecule has 0 fully saturated rings. The van der Waals surface area contributed by atoms with E-state index in [2.05, 4.69) is 4.36 Å². The maximum atomic E-state index is 13.7. The van der Waals surface area contributed by atoms with Crippen molar-refractivity contribution in [3.05, 3.63) is 90.0 Å². The summed E-state index contributed by atoms with van der Waals surface area (Å²) in [6.45, 7) is 0. The molecule has 2 nitrogen and oxygen atoms in total. The van der Waals surface area contributed by atoms with Gasteiger partial charge in [0, 0.05) is 5.02 Å². The van der Waals surface area contributed by atoms with Crippen molar-refractivity contribution in [1.29, 1.82) is 0 Å². The van der Waals surface area contributed by atoms with Crippen molar-refractivity contribution in [2.24, 2.45) is 4.36 Å². The van der Waals surface area contributed by atoms with Crippen molar-refractivity contribution in [3.63, 3.8) is 0 Å². The first-order chi connectivity index (χ1) is 10.7. The summed E-state index contributed by atoms with van der Waals surface area (Å²) < 4.78 is 18.2. The van der Waals surface area contributed by atoms with Crippen LogP contribution in [0.2, 0.25) is 5.02 Å². The third-order valence-corrected chi connectivity index (χ3v) is 5.69. The number of nitrogens with zero attached hydrogens (tertiary/aromatic N) is 1. The maximum Gasteiger partial charge on any atom is 0.109 e. The molecule has 3 aromatic carbocycles. The van der Waals surface area contributed by atoms with Crippen LogP contribution in [0.25, 0.3) is 0 Å². The summed E-state index contributed by atoms with van der Waals surface area (Å²) >= 11 is 6.01. The third-order valence-electron chi connectivity index (χ3n) is 3.17. The Morgan fingerprint density at radius 2 is 1.27 bits per heavy atom. The van der Waals surface area contributed by atoms with Gasteiger partial charge >= 0.3 is 0 Å². The van der Waals surface area contributed by atoms with Gasteiger partial charge in [0.05, 0.1) is 15.5 Å². The minimum atomic E-state index is -2.75. The lowest BCUT2D eigenvalue weighted by atomic mass is 10.3. The van der Waals surface area contributed by atoms with Crippen LogP contribution >= 0.6 is 11.6 Å². The van der Waals surface area contributed by atoms with E-state index in [1.165, 1.54) is 0 Å². The molecule has 0 saturated heterocycles. The van der Waals surface area contributed by atoms with E-state index in [4.69, 9.17) is 11.6 Å². The van der Waals surface area contributed by atoms with E-state index in [0.29, 0.717) is 20.5 Å². The lowest BCUT2D eigenvalue weighted by Crippen LogP contribution is -2.01. The van der Waals surface area contributed by atoms with Gasteiger partial charge in [-0.05, 0) is 42.5 Å². The number of rotatable bonds is 3. The molecule has 0 heterocycles. The standard InChI is InChI=1S/C18H14ClNOS/c19-15-8-7-9-16(14-15)20-22(21,17-10-3-1-4-11-17)18-12-5-2-6-13-18/h1-14H. The summed E-state index contributed by atoms with van der Waals surface area (Å²) in [6.07, 6.45) is 0. The van der Waals surface area contributed by atoms with Gasteiger partial charge in [-0.3, -0.25) is 0 Å². The summed E-state index contributed by atoms with van der Waals surface area (Å²) in [5.41, 5.74) is 0.602. The average Bonchev–Trinajstić information content (AvgIpc) is 2.56. The van der Waals surface area contributed by atoms with Gasteiger partial charge in [0.2, 0.25) is 0 Å². The molecular weight excluding hydrogens is 314 g/mol. The van der Waals surface area contributed by atoms with Gasteiger partial charge in [-0.25, -0.2) is 4.21 Å². The zero-order chi connectivity index (χ0) is 15.4. The molecule has 0 atom stereocenters. The number of hydrogen-bond donors (Lipinski definition) is 0. The molecule has 0 aromatic heterocycles. The Labute approximate surface area is 135 Å². The van der Waals surface area contributed by atoms with Gasteiger partial charge in [0.25, 0.3) is 0 Å². The number of hydrogen-bond acceptors (Lipinski definition) is 2. The molecule has 3 rings (SSSR count). The molecule has 0 saturated carbocycles. The Morgan fingerprint density at radius 3 is 1.77 bits per heavy atom. The molecule has 4 heteroatoms. The first-order valence-corrected chi connectivity index (χ1v) is 8.71. The molecule has 0 unspecified atom stereocenters. The van der Waals surface area contributed by atoms with Crippen LogP contribution in [-0.4, -0.2) is 4.21 Å². The average molecular weight is 328 g/mol. The van der Waals surface area contributed by atoms with E-state index in [1.54, 1.807) is 24.3 Å². The predicted molar refractivity (Wildman–Crippen MR) is 91.1 cm³/mol. The van der Waals surface area contributed by atoms with Crippen molar-refractivity contribution < 1.29 is 4.21 Å². The molecule has 0 aliphatic rings. The van der Waals surface area contributed by atoms with Gasteiger partial charge in [-0.15, -0.1) is 0 Å². The lowest BCUT2D eigenvalue weighted by molar-refractivity contribution is 0.676. The van der Waals surface area contributed by atoms with Gasteiger partial charge in [-0.2, -0.15) is 4.36 Å². The molecule has 0 radical (unpaired) electrons. The van der Waals surface area contributed by atoms with E-state index >= 15 is 0 Å². The first kappa shape index (κ1) is 14.8. The molecular formula is C18H14ClNOS. The fourth-order valence-electron chi connectivity index (χ4n) is 2.13. The quantitative estimate of drug-likeness (QED) is 0.619. The maximum absolute atomic E-state index is 13.7. The summed E-state index contributed by atoms with van der Waals surface area (Å²) in [5.74, 6) is 0. The zero-order valence-corrected chi connectivity index (χ0v) is 13.3. The second-order valence-electron chi connectivity index (χ2n) is 4.72. The fraction of sp³-hybridized carbons (Fsp3) is 0. The van der Waals surface area contributed by atoms with E-state index < -0.39 is 9.73 Å². The second kappa shape index (κ2) is 6.34. The van der Waals surface area contributed by atoms with Gasteiger partial charge in [-0.1, -0.05) is 54.1 Å². The highest BCUT2D eigenvalue weighted by Crippen LogP contribution is 2.28. The van der Waals surface area contributed by atoms with Crippen LogP contribution in [0.15, 0.2) is 99.1 Å². The Bertz CT molecular complexity index is 840. The highest BCUT2D eigenvalue weighted by atomic mass is 35.5. The summed E-state index contributed by atoms with van der Waals surface area (Å²) in [5, 5.41) is 0.573. The van der Waals surface area contributed by atoms with Crippen molar-refractivity contribution in [1.82, 2.24) is 0 Å². The normalized spacial score (nSPS) is 11.1. The summed E-state index contributed by atoms with van der Waals surface area (Å²) in [4.78, 5) is 1.36. The number of halogens is 1. The Morgan fingerprint density at radius 1 is 0.727 bits per heavy atom. The van der Waals surface area contributed by atoms with E-state index in [1.807, 2.05) is 60.7 Å². The van der Waals surface area contributed by atoms with Gasteiger partial charge in [0.15, 0.2) is 0 Å². The minimum Gasteiger partial charge on any atom is -0.239 e. The minimum absolute atomic E-state index is 0.573. The van der Waals surface area contributed by atoms with Crippen LogP contribution in [0.3, 0.4) is 0 Å². The van der Waals surface area contributed by atoms with E-state index in [-0.39, 0.29) is 0 Å². The largest absolute Gasteiger partial charge is 0.239 e. The van der Waals surface area contributed by atoms with Crippen LogP contribution < -0.4 is 0 Å². The van der Waals surface area contributed by atoms with Crippen molar-refractivity contribution in [3.8, 4) is 0 Å². The monoisotopic (exact) mass is 327 g/mol. The van der Waals surface area contributed by atoms with Crippen LogP contribution in [0.1, 0.15) is 0 Å². The first-order valence-electron chi connectivity index (χ1n) is 6.81. The van der Waals surface area contributed by atoms with E-state index in [0.717, 1.165) is 0 Å². The van der Waals surface area contributed by atoms with Gasteiger partial charge in [0.1, 0.15) is 9.73 Å². The Kier molecular flexibility index (Phi) is 4.27. The molecule has 0 N–H and O–H groups in total. The van der Waals surface area contributed by atoms with Crippen LogP contribution in [-0.2, 0) is 9.73 Å². The molecule has 22 heavy (non-hydrogen) atoms. The van der Waals surface area contributed by atoms with Crippen LogP contribution in [0.4, 0.5) is 5.69 Å². The van der Waals surface area contributed by atoms with Crippen molar-refractivity contribution >= 4 is 27.0 Å². The zero-order valence-electron chi connectivity index (χ0n) is 11.7. The SMILES string of the molecule is O=S(=Nc1cccc(Cl)c1)(c1ccccc1)c1ccccc1. The Hall–Kier alpha value is -2.10. The molecule has 3 aromatic rings. The fourth-order valence-corrected chi connectivity index (χ4v) is 4.26. The smallest absolute Gasteiger partial charge is 0.109 e. The van der Waals surface area contributed by atoms with Crippen molar-refractivity contribution in [2.45, 2.75) is 9.79 Å². The third kappa shape index (κ3) is 3.06. The molecule has 0 aliphatic heterocycles. The molecule has 0 bridgehead atoms. The Balaban J connectivity index is 2.27. The highest BCUT2D eigenvalue weighted by molar-refractivity contribution is 7.93. The lowest BCUT2D eigenvalue weighted by Gasteiger charge is -2.11.